The van der Waals surface area contributed by atoms with Crippen molar-refractivity contribution in [3.8, 4) is 0 Å². The van der Waals surface area contributed by atoms with Crippen molar-refractivity contribution >= 4 is 33.0 Å². The molecule has 2 aromatic carbocycles. The fourth-order valence-electron chi connectivity index (χ4n) is 1.96. The highest BCUT2D eigenvalue weighted by Gasteiger charge is 2.18. The Labute approximate surface area is 130 Å². The summed E-state index contributed by atoms with van der Waals surface area (Å²) in [6.07, 6.45) is 0.732. The van der Waals surface area contributed by atoms with Crippen LogP contribution in [0.4, 0.5) is 11.4 Å². The molecule has 4 nitrogen and oxygen atoms in total. The van der Waals surface area contributed by atoms with E-state index in [1.165, 1.54) is 12.1 Å². The van der Waals surface area contributed by atoms with Gasteiger partial charge in [0.1, 0.15) is 0 Å². The van der Waals surface area contributed by atoms with Crippen molar-refractivity contribution < 1.29 is 8.42 Å². The molecule has 0 atom stereocenters. The van der Waals surface area contributed by atoms with Gasteiger partial charge in [-0.3, -0.25) is 4.72 Å². The lowest BCUT2D eigenvalue weighted by atomic mass is 10.1. The second-order valence-electron chi connectivity index (χ2n) is 4.74. The number of nitrogens with one attached hydrogen (secondary N) is 1. The highest BCUT2D eigenvalue weighted by molar-refractivity contribution is 7.92. The molecular formula is C15H17ClN2O2S. The third kappa shape index (κ3) is 3.31. The van der Waals surface area contributed by atoms with E-state index in [1.807, 2.05) is 19.1 Å². The molecule has 0 aliphatic heterocycles. The number of anilines is 2. The second-order valence-corrected chi connectivity index (χ2v) is 6.83. The van der Waals surface area contributed by atoms with Crippen LogP contribution in [0.15, 0.2) is 41.3 Å². The smallest absolute Gasteiger partial charge is 0.262 e. The number of rotatable bonds is 4. The van der Waals surface area contributed by atoms with Gasteiger partial charge >= 0.3 is 0 Å². The number of nitrogen functional groups attached to an aromatic ring is 1. The second kappa shape index (κ2) is 5.95. The molecule has 0 fully saturated rings. The van der Waals surface area contributed by atoms with Crippen LogP contribution < -0.4 is 10.5 Å². The van der Waals surface area contributed by atoms with E-state index >= 15 is 0 Å². The average molecular weight is 325 g/mol. The zero-order valence-corrected chi connectivity index (χ0v) is 13.4. The van der Waals surface area contributed by atoms with Crippen LogP contribution in [0.1, 0.15) is 18.1 Å². The molecule has 2 aromatic rings. The number of sulfonamides is 1. The molecule has 3 N–H and O–H groups in total. The number of para-hydroxylation sites is 1. The Morgan fingerprint density at radius 2 is 1.90 bits per heavy atom. The lowest BCUT2D eigenvalue weighted by Gasteiger charge is -2.13. The number of nitrogens with two attached hydrogens (primary N) is 1. The van der Waals surface area contributed by atoms with E-state index < -0.39 is 10.0 Å². The predicted molar refractivity (Wildman–Crippen MR) is 87.2 cm³/mol. The Kier molecular flexibility index (Phi) is 4.44. The lowest BCUT2D eigenvalue weighted by molar-refractivity contribution is 0.601. The minimum absolute atomic E-state index is 0.0570. The molecule has 0 spiro atoms. The van der Waals surface area contributed by atoms with Crippen molar-refractivity contribution in [1.29, 1.82) is 0 Å². The normalized spacial score (nSPS) is 11.4. The minimum Gasteiger partial charge on any atom is -0.398 e. The van der Waals surface area contributed by atoms with Gasteiger partial charge in [-0.25, -0.2) is 8.42 Å². The van der Waals surface area contributed by atoms with Crippen LogP contribution in [-0.2, 0) is 16.4 Å². The maximum atomic E-state index is 12.5. The largest absolute Gasteiger partial charge is 0.398 e. The highest BCUT2D eigenvalue weighted by Crippen LogP contribution is 2.27. The number of benzene rings is 2. The molecule has 0 saturated carbocycles. The van der Waals surface area contributed by atoms with E-state index in [0.717, 1.165) is 12.0 Å². The summed E-state index contributed by atoms with van der Waals surface area (Å²) < 4.78 is 27.5. The molecule has 0 aliphatic rings. The molecule has 21 heavy (non-hydrogen) atoms. The van der Waals surface area contributed by atoms with Gasteiger partial charge in [-0.2, -0.15) is 0 Å². The minimum atomic E-state index is -3.72. The highest BCUT2D eigenvalue weighted by atomic mass is 35.5. The van der Waals surface area contributed by atoms with Crippen LogP contribution in [0.5, 0.6) is 0 Å². The number of hydrogen-bond acceptors (Lipinski definition) is 3. The van der Waals surface area contributed by atoms with Gasteiger partial charge < -0.3 is 5.73 Å². The molecule has 0 bridgehead atoms. The first-order chi connectivity index (χ1) is 9.85. The Bertz CT molecular complexity index is 750. The zero-order valence-electron chi connectivity index (χ0n) is 11.9. The van der Waals surface area contributed by atoms with Crippen molar-refractivity contribution in [2.45, 2.75) is 25.2 Å². The molecule has 0 saturated heterocycles. The first kappa shape index (κ1) is 15.7. The molecule has 0 amide bonds. The summed E-state index contributed by atoms with van der Waals surface area (Å²) in [5, 5.41) is 0.333. The molecule has 0 aliphatic carbocycles. The summed E-state index contributed by atoms with van der Waals surface area (Å²) >= 11 is 6.01. The van der Waals surface area contributed by atoms with Gasteiger partial charge in [0.15, 0.2) is 0 Å². The van der Waals surface area contributed by atoms with Crippen LogP contribution in [0.2, 0.25) is 5.02 Å². The fraction of sp³-hybridized carbons (Fsp3) is 0.200. The van der Waals surface area contributed by atoms with Gasteiger partial charge in [0.05, 0.1) is 10.6 Å². The van der Waals surface area contributed by atoms with Gasteiger partial charge in [0.25, 0.3) is 10.0 Å². The van der Waals surface area contributed by atoms with Crippen LogP contribution in [0.25, 0.3) is 0 Å². The molecule has 6 heteroatoms. The van der Waals surface area contributed by atoms with Crippen LogP contribution in [0, 0.1) is 6.92 Å². The summed E-state index contributed by atoms with van der Waals surface area (Å²) in [7, 11) is -3.72. The Morgan fingerprint density at radius 3 is 2.52 bits per heavy atom. The summed E-state index contributed by atoms with van der Waals surface area (Å²) in [5.41, 5.74) is 8.30. The molecule has 112 valence electrons. The van der Waals surface area contributed by atoms with Crippen LogP contribution in [-0.4, -0.2) is 8.42 Å². The van der Waals surface area contributed by atoms with Crippen molar-refractivity contribution in [3.63, 3.8) is 0 Å². The standard InChI is InChI=1S/C15H17ClN2O2S/c1-3-11-6-4-5-7-15(11)18-21(19,20)12-8-13(16)10(2)14(17)9-12/h4-9,18H,3,17H2,1-2H3. The van der Waals surface area contributed by atoms with Crippen molar-refractivity contribution in [2.24, 2.45) is 0 Å². The molecular weight excluding hydrogens is 308 g/mol. The van der Waals surface area contributed by atoms with E-state index in [-0.39, 0.29) is 4.90 Å². The van der Waals surface area contributed by atoms with E-state index in [4.69, 9.17) is 17.3 Å². The predicted octanol–water partition coefficient (Wildman–Crippen LogP) is 3.59. The van der Waals surface area contributed by atoms with Crippen molar-refractivity contribution in [1.82, 2.24) is 0 Å². The van der Waals surface area contributed by atoms with E-state index in [1.54, 1.807) is 19.1 Å². The summed E-state index contributed by atoms with van der Waals surface area (Å²) in [6, 6.07) is 10.1. The van der Waals surface area contributed by atoms with Crippen LogP contribution in [0.3, 0.4) is 0 Å². The summed E-state index contributed by atoms with van der Waals surface area (Å²) in [6.45, 7) is 3.71. The third-order valence-corrected chi connectivity index (χ3v) is 5.05. The quantitative estimate of drug-likeness (QED) is 0.844. The van der Waals surface area contributed by atoms with E-state index in [2.05, 4.69) is 4.72 Å². The van der Waals surface area contributed by atoms with E-state index in [9.17, 15) is 8.42 Å². The zero-order chi connectivity index (χ0) is 15.6. The van der Waals surface area contributed by atoms with Gasteiger partial charge in [-0.1, -0.05) is 36.7 Å². The average Bonchev–Trinajstić information content (AvgIpc) is 2.44. The van der Waals surface area contributed by atoms with Gasteiger partial charge in [-0.05, 0) is 42.7 Å². The summed E-state index contributed by atoms with van der Waals surface area (Å²) in [4.78, 5) is 0.0570. The van der Waals surface area contributed by atoms with Gasteiger partial charge in [0, 0.05) is 10.7 Å². The molecule has 0 radical (unpaired) electrons. The number of halogens is 1. The van der Waals surface area contributed by atoms with E-state index in [0.29, 0.717) is 22.0 Å². The molecule has 0 heterocycles. The van der Waals surface area contributed by atoms with Crippen LogP contribution >= 0.6 is 11.6 Å². The Hall–Kier alpha value is -1.72. The Balaban J connectivity index is 2.44. The summed E-state index contributed by atoms with van der Waals surface area (Å²) in [5.74, 6) is 0. The number of aryl methyl sites for hydroxylation is 1. The van der Waals surface area contributed by atoms with Crippen molar-refractivity contribution in [2.75, 3.05) is 10.5 Å². The maximum Gasteiger partial charge on any atom is 0.262 e. The molecule has 2 rings (SSSR count). The SMILES string of the molecule is CCc1ccccc1NS(=O)(=O)c1cc(N)c(C)c(Cl)c1. The van der Waals surface area contributed by atoms with Crippen molar-refractivity contribution in [3.05, 3.63) is 52.5 Å². The monoisotopic (exact) mass is 324 g/mol. The first-order valence-corrected chi connectivity index (χ1v) is 8.37. The molecule has 0 unspecified atom stereocenters. The lowest BCUT2D eigenvalue weighted by Crippen LogP contribution is -2.14. The Morgan fingerprint density at radius 1 is 1.24 bits per heavy atom. The topological polar surface area (TPSA) is 72.2 Å². The van der Waals surface area contributed by atoms with Gasteiger partial charge in [-0.15, -0.1) is 0 Å². The van der Waals surface area contributed by atoms with Gasteiger partial charge in [0.2, 0.25) is 0 Å². The molecule has 0 aromatic heterocycles. The number of hydrogen-bond donors (Lipinski definition) is 2. The fourth-order valence-corrected chi connectivity index (χ4v) is 3.41. The first-order valence-electron chi connectivity index (χ1n) is 6.51. The third-order valence-electron chi connectivity index (χ3n) is 3.31. The maximum absolute atomic E-state index is 12.5.